The van der Waals surface area contributed by atoms with Gasteiger partial charge in [-0.15, -0.1) is 6.42 Å². The van der Waals surface area contributed by atoms with E-state index in [2.05, 4.69) is 16.2 Å². The molecule has 1 aromatic heterocycles. The van der Waals surface area contributed by atoms with Crippen molar-refractivity contribution in [3.63, 3.8) is 0 Å². The molecule has 4 heteroatoms. The van der Waals surface area contributed by atoms with Crippen LogP contribution in [0.25, 0.3) is 11.0 Å². The first-order chi connectivity index (χ1) is 9.29. The van der Waals surface area contributed by atoms with Crippen LogP contribution in [0.5, 0.6) is 0 Å². The molecule has 0 aliphatic heterocycles. The molecule has 1 amide bonds. The van der Waals surface area contributed by atoms with Crippen LogP contribution in [0.2, 0.25) is 0 Å². The minimum atomic E-state index is 0.124. The first kappa shape index (κ1) is 11.8. The second-order valence-electron chi connectivity index (χ2n) is 4.80. The van der Waals surface area contributed by atoms with E-state index in [-0.39, 0.29) is 11.8 Å². The van der Waals surface area contributed by atoms with Gasteiger partial charge < -0.3 is 9.88 Å². The molecule has 96 valence electrons. The van der Waals surface area contributed by atoms with E-state index in [1.807, 2.05) is 28.8 Å². The van der Waals surface area contributed by atoms with Crippen molar-refractivity contribution in [3.8, 4) is 12.3 Å². The van der Waals surface area contributed by atoms with Crippen LogP contribution in [0.3, 0.4) is 0 Å². The van der Waals surface area contributed by atoms with Crippen LogP contribution < -0.4 is 5.32 Å². The van der Waals surface area contributed by atoms with E-state index < -0.39 is 0 Å². The summed E-state index contributed by atoms with van der Waals surface area (Å²) in [6.07, 6.45) is 7.42. The molecule has 19 heavy (non-hydrogen) atoms. The summed E-state index contributed by atoms with van der Waals surface area (Å²) >= 11 is 0. The van der Waals surface area contributed by atoms with Gasteiger partial charge in [0.25, 0.3) is 0 Å². The number of nitrogens with one attached hydrogen (secondary N) is 1. The Balaban J connectivity index is 1.86. The fourth-order valence-electron chi connectivity index (χ4n) is 2.18. The van der Waals surface area contributed by atoms with Crippen LogP contribution in [0.15, 0.2) is 24.3 Å². The Morgan fingerprint density at radius 3 is 3.00 bits per heavy atom. The molecule has 1 aliphatic carbocycles. The van der Waals surface area contributed by atoms with E-state index in [1.54, 1.807) is 0 Å². The molecule has 2 aromatic rings. The minimum absolute atomic E-state index is 0.124. The summed E-state index contributed by atoms with van der Waals surface area (Å²) in [4.78, 5) is 16.2. The van der Waals surface area contributed by atoms with Gasteiger partial charge in [-0.05, 0) is 25.0 Å². The first-order valence-corrected chi connectivity index (χ1v) is 6.45. The van der Waals surface area contributed by atoms with Gasteiger partial charge in [0.2, 0.25) is 5.91 Å². The third kappa shape index (κ3) is 2.32. The number of carbonyl (C=O) groups excluding carboxylic acids is 1. The van der Waals surface area contributed by atoms with Crippen LogP contribution in [-0.4, -0.2) is 15.5 Å². The molecule has 0 spiro atoms. The number of aromatic nitrogens is 2. The maximum Gasteiger partial charge on any atom is 0.223 e. The van der Waals surface area contributed by atoms with Crippen LogP contribution in [-0.2, 0) is 17.9 Å². The number of benzene rings is 1. The molecule has 1 aliphatic rings. The third-order valence-electron chi connectivity index (χ3n) is 3.35. The Bertz CT molecular complexity index is 662. The number of para-hydroxylation sites is 2. The van der Waals surface area contributed by atoms with Crippen molar-refractivity contribution in [1.29, 1.82) is 0 Å². The molecular weight excluding hydrogens is 238 g/mol. The Kier molecular flexibility index (Phi) is 2.96. The lowest BCUT2D eigenvalue weighted by atomic mass is 10.3. The predicted molar refractivity (Wildman–Crippen MR) is 73.1 cm³/mol. The lowest BCUT2D eigenvalue weighted by Gasteiger charge is -2.06. The van der Waals surface area contributed by atoms with Gasteiger partial charge in [-0.25, -0.2) is 4.98 Å². The minimum Gasteiger partial charge on any atom is -0.349 e. The van der Waals surface area contributed by atoms with Gasteiger partial charge in [0.15, 0.2) is 0 Å². The number of hydrogen-bond donors (Lipinski definition) is 1. The van der Waals surface area contributed by atoms with Crippen LogP contribution in [0.1, 0.15) is 18.7 Å². The van der Waals surface area contributed by atoms with E-state index in [9.17, 15) is 4.79 Å². The van der Waals surface area contributed by atoms with Gasteiger partial charge in [0.05, 0.1) is 24.1 Å². The highest BCUT2D eigenvalue weighted by molar-refractivity contribution is 5.81. The molecule has 0 bridgehead atoms. The maximum atomic E-state index is 11.7. The first-order valence-electron chi connectivity index (χ1n) is 6.45. The van der Waals surface area contributed by atoms with Gasteiger partial charge in [0.1, 0.15) is 5.82 Å². The number of amides is 1. The summed E-state index contributed by atoms with van der Waals surface area (Å²) in [7, 11) is 0. The number of terminal acetylenes is 1. The molecule has 1 N–H and O–H groups in total. The number of carbonyl (C=O) groups is 1. The average molecular weight is 253 g/mol. The molecule has 0 atom stereocenters. The Labute approximate surface area is 111 Å². The Morgan fingerprint density at radius 1 is 1.47 bits per heavy atom. The molecule has 1 aromatic carbocycles. The number of imidazole rings is 1. The SMILES string of the molecule is C#CCn1c(CNC(=O)C2CC2)nc2ccccc21. The summed E-state index contributed by atoms with van der Waals surface area (Å²) in [5.41, 5.74) is 1.92. The normalized spacial score (nSPS) is 14.3. The second kappa shape index (κ2) is 4.77. The number of nitrogens with zero attached hydrogens (tertiary/aromatic N) is 2. The average Bonchev–Trinajstić information content (AvgIpc) is 3.21. The van der Waals surface area contributed by atoms with Crippen LogP contribution >= 0.6 is 0 Å². The smallest absolute Gasteiger partial charge is 0.223 e. The zero-order valence-electron chi connectivity index (χ0n) is 10.6. The molecule has 1 fully saturated rings. The van der Waals surface area contributed by atoms with Crippen molar-refractivity contribution in [2.75, 3.05) is 0 Å². The zero-order valence-corrected chi connectivity index (χ0v) is 10.6. The largest absolute Gasteiger partial charge is 0.349 e. The molecular formula is C15H15N3O. The van der Waals surface area contributed by atoms with Crippen molar-refractivity contribution >= 4 is 16.9 Å². The van der Waals surface area contributed by atoms with Crippen molar-refractivity contribution in [2.24, 2.45) is 5.92 Å². The molecule has 0 unspecified atom stereocenters. The number of fused-ring (bicyclic) bond motifs is 1. The van der Waals surface area contributed by atoms with Crippen molar-refractivity contribution in [3.05, 3.63) is 30.1 Å². The molecule has 3 rings (SSSR count). The molecule has 1 heterocycles. The van der Waals surface area contributed by atoms with Gasteiger partial charge in [0, 0.05) is 5.92 Å². The van der Waals surface area contributed by atoms with Gasteiger partial charge in [-0.2, -0.15) is 0 Å². The Morgan fingerprint density at radius 2 is 2.26 bits per heavy atom. The molecule has 1 saturated carbocycles. The Hall–Kier alpha value is -2.28. The fraction of sp³-hybridized carbons (Fsp3) is 0.333. The lowest BCUT2D eigenvalue weighted by Crippen LogP contribution is -2.25. The summed E-state index contributed by atoms with van der Waals surface area (Å²) < 4.78 is 1.97. The highest BCUT2D eigenvalue weighted by atomic mass is 16.2. The topological polar surface area (TPSA) is 46.9 Å². The van der Waals surface area contributed by atoms with Crippen molar-refractivity contribution in [1.82, 2.24) is 14.9 Å². The lowest BCUT2D eigenvalue weighted by molar-refractivity contribution is -0.122. The summed E-state index contributed by atoms with van der Waals surface area (Å²) in [6, 6.07) is 7.85. The van der Waals surface area contributed by atoms with E-state index in [0.29, 0.717) is 13.1 Å². The summed E-state index contributed by atoms with van der Waals surface area (Å²) in [5, 5.41) is 2.93. The molecule has 0 saturated heterocycles. The maximum absolute atomic E-state index is 11.7. The van der Waals surface area contributed by atoms with Gasteiger partial charge in [-0.1, -0.05) is 18.1 Å². The zero-order chi connectivity index (χ0) is 13.2. The molecule has 0 radical (unpaired) electrons. The highest BCUT2D eigenvalue weighted by Crippen LogP contribution is 2.28. The van der Waals surface area contributed by atoms with Gasteiger partial charge in [-0.3, -0.25) is 4.79 Å². The van der Waals surface area contributed by atoms with Crippen LogP contribution in [0.4, 0.5) is 0 Å². The van der Waals surface area contributed by atoms with E-state index >= 15 is 0 Å². The van der Waals surface area contributed by atoms with Crippen molar-refractivity contribution in [2.45, 2.75) is 25.9 Å². The fourth-order valence-corrected chi connectivity index (χ4v) is 2.18. The molecule has 4 nitrogen and oxygen atoms in total. The van der Waals surface area contributed by atoms with E-state index in [4.69, 9.17) is 6.42 Å². The van der Waals surface area contributed by atoms with E-state index in [0.717, 1.165) is 29.7 Å². The summed E-state index contributed by atoms with van der Waals surface area (Å²) in [5.74, 6) is 3.79. The van der Waals surface area contributed by atoms with Gasteiger partial charge >= 0.3 is 0 Å². The highest BCUT2D eigenvalue weighted by Gasteiger charge is 2.29. The standard InChI is InChI=1S/C15H15N3O/c1-2-9-18-13-6-4-3-5-12(13)17-14(18)10-16-15(19)11-7-8-11/h1,3-6,11H,7-10H2,(H,16,19). The second-order valence-corrected chi connectivity index (χ2v) is 4.80. The predicted octanol–water partition coefficient (Wildman–Crippen LogP) is 1.70. The number of hydrogen-bond acceptors (Lipinski definition) is 2. The van der Waals surface area contributed by atoms with Crippen molar-refractivity contribution < 1.29 is 4.79 Å². The summed E-state index contributed by atoms with van der Waals surface area (Å²) in [6.45, 7) is 0.904. The number of rotatable bonds is 4. The quantitative estimate of drug-likeness (QED) is 0.843. The van der Waals surface area contributed by atoms with Crippen LogP contribution in [0, 0.1) is 18.3 Å². The van der Waals surface area contributed by atoms with E-state index in [1.165, 1.54) is 0 Å². The third-order valence-corrected chi connectivity index (χ3v) is 3.35. The monoisotopic (exact) mass is 253 g/mol.